The van der Waals surface area contributed by atoms with E-state index in [1.54, 1.807) is 0 Å². The lowest BCUT2D eigenvalue weighted by Crippen LogP contribution is -2.01. The van der Waals surface area contributed by atoms with E-state index in [0.29, 0.717) is 0 Å². The Morgan fingerprint density at radius 2 is 1.60 bits per heavy atom. The molecule has 2 rings (SSSR count). The third-order valence-electron chi connectivity index (χ3n) is 3.21. The molecular weight excluding hydrogens is 244 g/mol. The summed E-state index contributed by atoms with van der Waals surface area (Å²) in [4.78, 5) is 0. The summed E-state index contributed by atoms with van der Waals surface area (Å²) in [5.74, 6) is 5.93. The third-order valence-corrected chi connectivity index (χ3v) is 3.21. The van der Waals surface area contributed by atoms with Crippen LogP contribution >= 0.6 is 0 Å². The molecule has 0 saturated heterocycles. The first-order valence-corrected chi connectivity index (χ1v) is 7.14. The molecule has 2 aromatic carbocycles. The van der Waals surface area contributed by atoms with E-state index in [2.05, 4.69) is 43.0 Å². The van der Waals surface area contributed by atoms with E-state index in [4.69, 9.17) is 0 Å². The predicted molar refractivity (Wildman–Crippen MR) is 84.3 cm³/mol. The average Bonchev–Trinajstić information content (AvgIpc) is 2.52. The minimum Gasteiger partial charge on any atom is -0.380 e. The second-order valence-electron chi connectivity index (χ2n) is 4.87. The number of benzene rings is 2. The van der Waals surface area contributed by atoms with E-state index in [-0.39, 0.29) is 0 Å². The lowest BCUT2D eigenvalue weighted by Gasteiger charge is -2.02. The summed E-state index contributed by atoms with van der Waals surface area (Å²) in [6, 6.07) is 18.4. The largest absolute Gasteiger partial charge is 0.380 e. The summed E-state index contributed by atoms with van der Waals surface area (Å²) in [6.07, 6.45) is 2.35. The van der Waals surface area contributed by atoms with Crippen molar-refractivity contribution in [3.05, 3.63) is 60.2 Å². The molecule has 1 atom stereocenters. The molecule has 0 aliphatic rings. The number of hydrogen-bond donors (Lipinski definition) is 1. The van der Waals surface area contributed by atoms with Crippen LogP contribution in [0.5, 0.6) is 0 Å². The van der Waals surface area contributed by atoms with E-state index < -0.39 is 6.10 Å². The number of unbranched alkanes of at least 4 members (excludes halogenated alkanes) is 1. The molecule has 0 aromatic heterocycles. The SMILES string of the molecule is CCCCC(O)C#Cc1ccc(-c2ccccc2)cc1. The van der Waals surface area contributed by atoms with Crippen molar-refractivity contribution in [1.82, 2.24) is 0 Å². The van der Waals surface area contributed by atoms with Crippen LogP contribution in [0.15, 0.2) is 54.6 Å². The molecule has 20 heavy (non-hydrogen) atoms. The van der Waals surface area contributed by atoms with Gasteiger partial charge in [-0.2, -0.15) is 0 Å². The number of aliphatic hydroxyl groups is 1. The molecule has 1 nitrogen and oxygen atoms in total. The summed E-state index contributed by atoms with van der Waals surface area (Å²) in [6.45, 7) is 2.11. The summed E-state index contributed by atoms with van der Waals surface area (Å²) in [5, 5.41) is 9.70. The lowest BCUT2D eigenvalue weighted by molar-refractivity contribution is 0.218. The number of hydrogen-bond acceptors (Lipinski definition) is 1. The average molecular weight is 264 g/mol. The third kappa shape index (κ3) is 4.26. The fourth-order valence-electron chi connectivity index (χ4n) is 2.01. The van der Waals surface area contributed by atoms with Gasteiger partial charge in [0.15, 0.2) is 0 Å². The molecule has 0 spiro atoms. The summed E-state index contributed by atoms with van der Waals surface area (Å²) < 4.78 is 0. The zero-order valence-electron chi connectivity index (χ0n) is 11.8. The molecule has 0 aliphatic carbocycles. The van der Waals surface area contributed by atoms with Crippen molar-refractivity contribution in [3.63, 3.8) is 0 Å². The normalized spacial score (nSPS) is 11.5. The summed E-state index contributed by atoms with van der Waals surface area (Å²) in [5.41, 5.74) is 3.33. The Labute approximate surface area is 121 Å². The molecular formula is C19H20O. The van der Waals surface area contributed by atoms with Crippen molar-refractivity contribution in [3.8, 4) is 23.0 Å². The first kappa shape index (κ1) is 14.4. The van der Waals surface area contributed by atoms with Gasteiger partial charge in [0.05, 0.1) is 0 Å². The van der Waals surface area contributed by atoms with Gasteiger partial charge in [-0.1, -0.05) is 74.1 Å². The highest BCUT2D eigenvalue weighted by Gasteiger charge is 1.98. The molecule has 0 saturated carbocycles. The molecule has 0 heterocycles. The van der Waals surface area contributed by atoms with Gasteiger partial charge in [-0.05, 0) is 29.7 Å². The summed E-state index contributed by atoms with van der Waals surface area (Å²) in [7, 11) is 0. The van der Waals surface area contributed by atoms with Gasteiger partial charge in [-0.15, -0.1) is 0 Å². The number of aliphatic hydroxyl groups excluding tert-OH is 1. The highest BCUT2D eigenvalue weighted by atomic mass is 16.3. The fraction of sp³-hybridized carbons (Fsp3) is 0.263. The highest BCUT2D eigenvalue weighted by Crippen LogP contribution is 2.18. The van der Waals surface area contributed by atoms with Gasteiger partial charge in [-0.3, -0.25) is 0 Å². The zero-order valence-corrected chi connectivity index (χ0v) is 11.8. The molecule has 0 amide bonds. The van der Waals surface area contributed by atoms with Gasteiger partial charge in [0.1, 0.15) is 6.10 Å². The summed E-state index contributed by atoms with van der Waals surface area (Å²) >= 11 is 0. The lowest BCUT2D eigenvalue weighted by atomic mass is 10.0. The zero-order chi connectivity index (χ0) is 14.2. The molecule has 0 aliphatic heterocycles. The fourth-order valence-corrected chi connectivity index (χ4v) is 2.01. The molecule has 0 fully saturated rings. The van der Waals surface area contributed by atoms with Gasteiger partial charge < -0.3 is 5.11 Å². The Balaban J connectivity index is 2.04. The Hall–Kier alpha value is -2.04. The van der Waals surface area contributed by atoms with Crippen molar-refractivity contribution in [1.29, 1.82) is 0 Å². The minimum absolute atomic E-state index is 0.510. The van der Waals surface area contributed by atoms with Crippen molar-refractivity contribution >= 4 is 0 Å². The molecule has 1 heteroatoms. The van der Waals surface area contributed by atoms with Gasteiger partial charge in [0, 0.05) is 5.56 Å². The van der Waals surface area contributed by atoms with Crippen LogP contribution in [0.25, 0.3) is 11.1 Å². The predicted octanol–water partition coefficient (Wildman–Crippen LogP) is 4.26. The Morgan fingerprint density at radius 3 is 2.25 bits per heavy atom. The number of rotatable bonds is 4. The van der Waals surface area contributed by atoms with Crippen LogP contribution in [0.2, 0.25) is 0 Å². The van der Waals surface area contributed by atoms with Crippen molar-refractivity contribution in [2.75, 3.05) is 0 Å². The maximum Gasteiger partial charge on any atom is 0.115 e. The second kappa shape index (κ2) is 7.53. The maximum absolute atomic E-state index is 9.70. The Kier molecular flexibility index (Phi) is 5.41. The topological polar surface area (TPSA) is 20.2 Å². The molecule has 1 N–H and O–H groups in total. The van der Waals surface area contributed by atoms with E-state index >= 15 is 0 Å². The molecule has 0 bridgehead atoms. The Morgan fingerprint density at radius 1 is 0.950 bits per heavy atom. The second-order valence-corrected chi connectivity index (χ2v) is 4.87. The first-order valence-electron chi connectivity index (χ1n) is 7.14. The molecule has 0 radical (unpaired) electrons. The van der Waals surface area contributed by atoms with Crippen LogP contribution in [0, 0.1) is 11.8 Å². The van der Waals surface area contributed by atoms with Crippen molar-refractivity contribution in [2.45, 2.75) is 32.3 Å². The molecule has 2 aromatic rings. The van der Waals surface area contributed by atoms with Crippen LogP contribution in [-0.4, -0.2) is 11.2 Å². The van der Waals surface area contributed by atoms with Crippen molar-refractivity contribution < 1.29 is 5.11 Å². The van der Waals surface area contributed by atoms with Gasteiger partial charge in [-0.25, -0.2) is 0 Å². The molecule has 1 unspecified atom stereocenters. The van der Waals surface area contributed by atoms with E-state index in [0.717, 1.165) is 24.8 Å². The molecule has 102 valence electrons. The van der Waals surface area contributed by atoms with Crippen LogP contribution < -0.4 is 0 Å². The van der Waals surface area contributed by atoms with E-state index in [9.17, 15) is 5.11 Å². The van der Waals surface area contributed by atoms with Crippen molar-refractivity contribution in [2.24, 2.45) is 0 Å². The van der Waals surface area contributed by atoms with Gasteiger partial charge in [0.25, 0.3) is 0 Å². The first-order chi connectivity index (χ1) is 9.79. The van der Waals surface area contributed by atoms with Crippen LogP contribution in [0.4, 0.5) is 0 Å². The van der Waals surface area contributed by atoms with Crippen LogP contribution in [-0.2, 0) is 0 Å². The van der Waals surface area contributed by atoms with Gasteiger partial charge in [0.2, 0.25) is 0 Å². The smallest absolute Gasteiger partial charge is 0.115 e. The van der Waals surface area contributed by atoms with Crippen LogP contribution in [0.3, 0.4) is 0 Å². The Bertz CT molecular complexity index is 573. The van der Waals surface area contributed by atoms with E-state index in [1.165, 1.54) is 11.1 Å². The van der Waals surface area contributed by atoms with Crippen LogP contribution in [0.1, 0.15) is 31.7 Å². The van der Waals surface area contributed by atoms with E-state index in [1.807, 2.05) is 30.3 Å². The quantitative estimate of drug-likeness (QED) is 0.818. The van der Waals surface area contributed by atoms with Gasteiger partial charge >= 0.3 is 0 Å². The minimum atomic E-state index is -0.510. The maximum atomic E-state index is 9.70. The highest BCUT2D eigenvalue weighted by molar-refractivity contribution is 5.64. The monoisotopic (exact) mass is 264 g/mol. The standard InChI is InChI=1S/C19H20O/c1-2-3-9-19(20)15-12-16-10-13-18(14-11-16)17-7-5-4-6-8-17/h4-8,10-11,13-14,19-20H,2-3,9H2,1H3.